The molecule has 1 aromatic rings. The lowest BCUT2D eigenvalue weighted by Crippen LogP contribution is -2.32. The van der Waals surface area contributed by atoms with Crippen molar-refractivity contribution < 1.29 is 4.79 Å². The zero-order valence-corrected chi connectivity index (χ0v) is 9.76. The maximum atomic E-state index is 10.8. The summed E-state index contributed by atoms with van der Waals surface area (Å²) in [5.41, 5.74) is 7.17. The fourth-order valence-corrected chi connectivity index (χ4v) is 1.42. The predicted octanol–water partition coefficient (Wildman–Crippen LogP) is 2.04. The van der Waals surface area contributed by atoms with Gasteiger partial charge in [0.25, 0.3) is 0 Å². The molecule has 3 nitrogen and oxygen atoms in total. The number of aryl methyl sites for hydroxylation is 1. The molecule has 1 rings (SSSR count). The maximum absolute atomic E-state index is 10.8. The standard InChI is InChI=1S/C10H13BrN2O/c1-6-3-4-8(11)5-9(6)13-7(2)10(12)14/h3-5,7,13H,1-2H3,(H2,12,14). The van der Waals surface area contributed by atoms with E-state index in [9.17, 15) is 4.79 Å². The Bertz CT molecular complexity index is 352. The van der Waals surface area contributed by atoms with Gasteiger partial charge in [0, 0.05) is 10.2 Å². The van der Waals surface area contributed by atoms with Gasteiger partial charge in [0.15, 0.2) is 0 Å². The number of halogens is 1. The molecule has 0 saturated heterocycles. The zero-order valence-electron chi connectivity index (χ0n) is 8.17. The molecule has 0 radical (unpaired) electrons. The van der Waals surface area contributed by atoms with Crippen molar-refractivity contribution in [3.05, 3.63) is 28.2 Å². The number of primary amides is 1. The lowest BCUT2D eigenvalue weighted by atomic mass is 10.2. The summed E-state index contributed by atoms with van der Waals surface area (Å²) in [6, 6.07) is 5.49. The Morgan fingerprint density at radius 1 is 1.57 bits per heavy atom. The highest BCUT2D eigenvalue weighted by Gasteiger charge is 2.09. The second-order valence-corrected chi connectivity index (χ2v) is 4.14. The average Bonchev–Trinajstić information content (AvgIpc) is 2.11. The molecule has 0 aliphatic heterocycles. The Morgan fingerprint density at radius 3 is 2.79 bits per heavy atom. The van der Waals surface area contributed by atoms with Crippen molar-refractivity contribution in [2.45, 2.75) is 19.9 Å². The van der Waals surface area contributed by atoms with Gasteiger partial charge >= 0.3 is 0 Å². The molecule has 0 aliphatic rings. The maximum Gasteiger partial charge on any atom is 0.239 e. The summed E-state index contributed by atoms with van der Waals surface area (Å²) in [5.74, 6) is -0.357. The summed E-state index contributed by atoms with van der Waals surface area (Å²) >= 11 is 3.37. The van der Waals surface area contributed by atoms with Gasteiger partial charge in [-0.1, -0.05) is 22.0 Å². The van der Waals surface area contributed by atoms with E-state index in [1.807, 2.05) is 25.1 Å². The van der Waals surface area contributed by atoms with Crippen LogP contribution >= 0.6 is 15.9 Å². The van der Waals surface area contributed by atoms with Gasteiger partial charge < -0.3 is 11.1 Å². The van der Waals surface area contributed by atoms with Crippen molar-refractivity contribution in [1.29, 1.82) is 0 Å². The molecule has 1 unspecified atom stereocenters. The van der Waals surface area contributed by atoms with Crippen molar-refractivity contribution in [3.63, 3.8) is 0 Å². The first-order chi connectivity index (χ1) is 6.50. The summed E-state index contributed by atoms with van der Waals surface area (Å²) in [7, 11) is 0. The van der Waals surface area contributed by atoms with Gasteiger partial charge in [0.2, 0.25) is 5.91 Å². The van der Waals surface area contributed by atoms with Crippen LogP contribution in [-0.2, 0) is 4.79 Å². The van der Waals surface area contributed by atoms with Gasteiger partial charge in [0.1, 0.15) is 6.04 Å². The van der Waals surface area contributed by atoms with Gasteiger partial charge in [-0.15, -0.1) is 0 Å². The number of benzene rings is 1. The number of rotatable bonds is 3. The largest absolute Gasteiger partial charge is 0.374 e. The van der Waals surface area contributed by atoms with Gasteiger partial charge in [-0.2, -0.15) is 0 Å². The van der Waals surface area contributed by atoms with E-state index < -0.39 is 0 Å². The van der Waals surface area contributed by atoms with Gasteiger partial charge in [-0.25, -0.2) is 0 Å². The number of nitrogens with one attached hydrogen (secondary N) is 1. The third-order valence-electron chi connectivity index (χ3n) is 2.00. The second-order valence-electron chi connectivity index (χ2n) is 3.23. The SMILES string of the molecule is Cc1ccc(Br)cc1NC(C)C(N)=O. The number of hydrogen-bond donors (Lipinski definition) is 2. The third kappa shape index (κ3) is 2.73. The van der Waals surface area contributed by atoms with Crippen molar-refractivity contribution in [1.82, 2.24) is 0 Å². The van der Waals surface area contributed by atoms with Crippen molar-refractivity contribution in [2.75, 3.05) is 5.32 Å². The first-order valence-corrected chi connectivity index (χ1v) is 5.12. The summed E-state index contributed by atoms with van der Waals surface area (Å²) in [4.78, 5) is 10.8. The van der Waals surface area contributed by atoms with Gasteiger partial charge in [0.05, 0.1) is 0 Å². The Morgan fingerprint density at radius 2 is 2.21 bits per heavy atom. The van der Waals surface area contributed by atoms with Crippen LogP contribution in [0, 0.1) is 6.92 Å². The molecule has 0 heterocycles. The number of amides is 1. The topological polar surface area (TPSA) is 55.1 Å². The van der Waals surface area contributed by atoms with E-state index in [0.717, 1.165) is 15.7 Å². The summed E-state index contributed by atoms with van der Waals surface area (Å²) < 4.78 is 0.974. The molecular weight excluding hydrogens is 244 g/mol. The van der Waals surface area contributed by atoms with E-state index in [0.29, 0.717) is 0 Å². The van der Waals surface area contributed by atoms with Gasteiger partial charge in [-0.05, 0) is 31.5 Å². The van der Waals surface area contributed by atoms with E-state index in [1.54, 1.807) is 6.92 Å². The van der Waals surface area contributed by atoms with E-state index in [1.165, 1.54) is 0 Å². The minimum atomic E-state index is -0.358. The fraction of sp³-hybridized carbons (Fsp3) is 0.300. The van der Waals surface area contributed by atoms with Crippen LogP contribution in [0.3, 0.4) is 0 Å². The van der Waals surface area contributed by atoms with E-state index in [2.05, 4.69) is 21.2 Å². The van der Waals surface area contributed by atoms with Crippen molar-refractivity contribution >= 4 is 27.5 Å². The molecule has 4 heteroatoms. The molecule has 0 bridgehead atoms. The molecule has 3 N–H and O–H groups in total. The molecule has 1 aromatic carbocycles. The molecule has 0 spiro atoms. The fourth-order valence-electron chi connectivity index (χ4n) is 1.05. The van der Waals surface area contributed by atoms with Crippen molar-refractivity contribution in [3.8, 4) is 0 Å². The first kappa shape index (κ1) is 11.0. The minimum absolute atomic E-state index is 0.357. The first-order valence-electron chi connectivity index (χ1n) is 4.32. The minimum Gasteiger partial charge on any atom is -0.374 e. The second kappa shape index (κ2) is 4.46. The highest BCUT2D eigenvalue weighted by molar-refractivity contribution is 9.10. The molecular formula is C10H13BrN2O. The molecule has 0 aliphatic carbocycles. The van der Waals surface area contributed by atoms with E-state index in [-0.39, 0.29) is 11.9 Å². The highest BCUT2D eigenvalue weighted by atomic mass is 79.9. The normalized spacial score (nSPS) is 12.2. The monoisotopic (exact) mass is 256 g/mol. The smallest absolute Gasteiger partial charge is 0.239 e. The van der Waals surface area contributed by atoms with Crippen molar-refractivity contribution in [2.24, 2.45) is 5.73 Å². The summed E-state index contributed by atoms with van der Waals surface area (Å²) in [6.07, 6.45) is 0. The predicted molar refractivity (Wildman–Crippen MR) is 61.2 cm³/mol. The quantitative estimate of drug-likeness (QED) is 0.870. The molecule has 1 amide bonds. The Kier molecular flexibility index (Phi) is 3.52. The zero-order chi connectivity index (χ0) is 10.7. The number of carbonyl (C=O) groups excluding carboxylic acids is 1. The Balaban J connectivity index is 2.85. The third-order valence-corrected chi connectivity index (χ3v) is 2.49. The molecule has 76 valence electrons. The molecule has 14 heavy (non-hydrogen) atoms. The Hall–Kier alpha value is -1.03. The van der Waals surface area contributed by atoms with Crippen LogP contribution in [0.2, 0.25) is 0 Å². The lowest BCUT2D eigenvalue weighted by molar-refractivity contribution is -0.118. The van der Waals surface area contributed by atoms with Crippen LogP contribution in [0.1, 0.15) is 12.5 Å². The van der Waals surface area contributed by atoms with Crippen LogP contribution in [-0.4, -0.2) is 11.9 Å². The van der Waals surface area contributed by atoms with Crippen LogP contribution in [0.25, 0.3) is 0 Å². The van der Waals surface area contributed by atoms with Crippen LogP contribution in [0.4, 0.5) is 5.69 Å². The summed E-state index contributed by atoms with van der Waals surface area (Å²) in [6.45, 7) is 3.71. The molecule has 0 fully saturated rings. The van der Waals surface area contributed by atoms with Crippen LogP contribution < -0.4 is 11.1 Å². The summed E-state index contributed by atoms with van der Waals surface area (Å²) in [5, 5.41) is 3.05. The highest BCUT2D eigenvalue weighted by Crippen LogP contribution is 2.21. The number of carbonyl (C=O) groups is 1. The van der Waals surface area contributed by atoms with E-state index in [4.69, 9.17) is 5.73 Å². The van der Waals surface area contributed by atoms with Crippen LogP contribution in [0.5, 0.6) is 0 Å². The Labute approximate surface area is 91.8 Å². The average molecular weight is 257 g/mol. The van der Waals surface area contributed by atoms with Crippen LogP contribution in [0.15, 0.2) is 22.7 Å². The lowest BCUT2D eigenvalue weighted by Gasteiger charge is -2.14. The molecule has 1 atom stereocenters. The molecule has 0 aromatic heterocycles. The number of hydrogen-bond acceptors (Lipinski definition) is 2. The molecule has 0 saturated carbocycles. The van der Waals surface area contributed by atoms with E-state index >= 15 is 0 Å². The van der Waals surface area contributed by atoms with Gasteiger partial charge in [-0.3, -0.25) is 4.79 Å². The number of nitrogens with two attached hydrogens (primary N) is 1. The number of anilines is 1.